The number of benzene rings is 2. The van der Waals surface area contributed by atoms with Crippen molar-refractivity contribution in [2.24, 2.45) is 0 Å². The van der Waals surface area contributed by atoms with E-state index in [1.165, 1.54) is 12.1 Å². The average molecular weight is 374 g/mol. The minimum atomic E-state index is -0.218. The molecular weight excluding hydrogens is 363 g/mol. The van der Waals surface area contributed by atoms with Crippen molar-refractivity contribution in [2.75, 3.05) is 19.8 Å². The fourth-order valence-corrected chi connectivity index (χ4v) is 2.65. The smallest absolute Gasteiger partial charge is 0.200 e. The van der Waals surface area contributed by atoms with Gasteiger partial charge in [-0.25, -0.2) is 0 Å². The number of halogens is 3. The summed E-state index contributed by atoms with van der Waals surface area (Å²) >= 11 is 17.8. The van der Waals surface area contributed by atoms with Gasteiger partial charge in [0.05, 0.1) is 15.1 Å². The lowest BCUT2D eigenvalue weighted by atomic mass is 10.1. The first kappa shape index (κ1) is 16.2. The molecule has 0 atom stereocenters. The van der Waals surface area contributed by atoms with Crippen LogP contribution in [0.3, 0.4) is 0 Å². The third-order valence-corrected chi connectivity index (χ3v) is 4.22. The number of carbonyl (C=O) groups is 1. The zero-order valence-electron chi connectivity index (χ0n) is 11.8. The van der Waals surface area contributed by atoms with Crippen molar-refractivity contribution < 1.29 is 19.0 Å². The predicted octanol–water partition coefficient (Wildman–Crippen LogP) is 4.68. The number of rotatable bonds is 4. The molecule has 1 aliphatic rings. The van der Waals surface area contributed by atoms with Crippen LogP contribution < -0.4 is 14.2 Å². The molecule has 0 spiro atoms. The molecule has 1 aliphatic heterocycles. The van der Waals surface area contributed by atoms with E-state index >= 15 is 0 Å². The molecule has 1 heterocycles. The first-order valence-corrected chi connectivity index (χ1v) is 7.88. The zero-order valence-corrected chi connectivity index (χ0v) is 14.0. The van der Waals surface area contributed by atoms with Crippen molar-refractivity contribution in [2.45, 2.75) is 0 Å². The molecule has 2 aromatic carbocycles. The summed E-state index contributed by atoms with van der Waals surface area (Å²) in [6, 6.07) is 7.94. The highest BCUT2D eigenvalue weighted by Crippen LogP contribution is 2.34. The van der Waals surface area contributed by atoms with Crippen molar-refractivity contribution in [1.82, 2.24) is 0 Å². The number of carbonyl (C=O) groups excluding carboxylic acids is 1. The van der Waals surface area contributed by atoms with Gasteiger partial charge in [-0.05, 0) is 24.3 Å². The van der Waals surface area contributed by atoms with Gasteiger partial charge >= 0.3 is 0 Å². The zero-order chi connectivity index (χ0) is 16.4. The molecule has 2 aromatic rings. The molecule has 0 aliphatic carbocycles. The summed E-state index contributed by atoms with van der Waals surface area (Å²) in [5, 5.41) is 0.911. The standard InChI is InChI=1S/C16H11Cl3O4/c17-10-6-12(19)15(7-11(10)18)23-8-13(20)9-1-2-14-16(5-9)22-4-3-21-14/h1-2,5-7H,3-4,8H2. The second kappa shape index (κ2) is 6.87. The number of Topliss-reactive ketones (excluding diaryl/α,β-unsaturated/α-hetero) is 1. The molecule has 0 saturated heterocycles. The fourth-order valence-electron chi connectivity index (χ4n) is 2.06. The van der Waals surface area contributed by atoms with Gasteiger partial charge < -0.3 is 14.2 Å². The molecule has 7 heteroatoms. The summed E-state index contributed by atoms with van der Waals surface area (Å²) < 4.78 is 16.3. The minimum Gasteiger partial charge on any atom is -0.486 e. The maximum Gasteiger partial charge on any atom is 0.200 e. The molecule has 0 radical (unpaired) electrons. The summed E-state index contributed by atoms with van der Waals surface area (Å²) in [6.07, 6.45) is 0. The first-order valence-electron chi connectivity index (χ1n) is 6.75. The van der Waals surface area contributed by atoms with E-state index in [4.69, 9.17) is 49.0 Å². The molecule has 0 aromatic heterocycles. The average Bonchev–Trinajstić information content (AvgIpc) is 2.56. The molecule has 23 heavy (non-hydrogen) atoms. The number of hydrogen-bond acceptors (Lipinski definition) is 4. The summed E-state index contributed by atoms with van der Waals surface area (Å²) in [6.45, 7) is 0.774. The van der Waals surface area contributed by atoms with E-state index in [1.807, 2.05) is 0 Å². The topological polar surface area (TPSA) is 44.8 Å². The van der Waals surface area contributed by atoms with Crippen LogP contribution in [-0.2, 0) is 0 Å². The van der Waals surface area contributed by atoms with Gasteiger partial charge in [-0.1, -0.05) is 34.8 Å². The van der Waals surface area contributed by atoms with Crippen LogP contribution in [0, 0.1) is 0 Å². The highest BCUT2D eigenvalue weighted by molar-refractivity contribution is 6.43. The number of fused-ring (bicyclic) bond motifs is 1. The van der Waals surface area contributed by atoms with Gasteiger partial charge in [-0.3, -0.25) is 4.79 Å². The molecule has 0 fully saturated rings. The Hall–Kier alpha value is -1.62. The maximum absolute atomic E-state index is 12.2. The Bertz CT molecular complexity index is 761. The van der Waals surface area contributed by atoms with Gasteiger partial charge in [0.15, 0.2) is 23.9 Å². The third-order valence-electron chi connectivity index (χ3n) is 3.20. The molecule has 0 N–H and O–H groups in total. The van der Waals surface area contributed by atoms with Crippen LogP contribution in [0.2, 0.25) is 15.1 Å². The SMILES string of the molecule is O=C(COc1cc(Cl)c(Cl)cc1Cl)c1ccc2c(c1)OCCO2. The monoisotopic (exact) mass is 372 g/mol. The predicted molar refractivity (Wildman–Crippen MR) is 88.7 cm³/mol. The third kappa shape index (κ3) is 3.66. The van der Waals surface area contributed by atoms with Crippen LogP contribution in [0.15, 0.2) is 30.3 Å². The number of ketones is 1. The summed E-state index contributed by atoms with van der Waals surface area (Å²) in [5.74, 6) is 1.26. The molecule has 4 nitrogen and oxygen atoms in total. The van der Waals surface area contributed by atoms with Crippen LogP contribution in [0.1, 0.15) is 10.4 Å². The van der Waals surface area contributed by atoms with Crippen LogP contribution >= 0.6 is 34.8 Å². The van der Waals surface area contributed by atoms with E-state index in [1.54, 1.807) is 18.2 Å². The normalized spacial score (nSPS) is 12.8. The molecule has 3 rings (SSSR count). The molecule has 120 valence electrons. The van der Waals surface area contributed by atoms with Gasteiger partial charge in [0.2, 0.25) is 0 Å². The van der Waals surface area contributed by atoms with Gasteiger partial charge in [-0.15, -0.1) is 0 Å². The lowest BCUT2D eigenvalue weighted by molar-refractivity contribution is 0.0920. The van der Waals surface area contributed by atoms with Crippen LogP contribution in [0.25, 0.3) is 0 Å². The quantitative estimate of drug-likeness (QED) is 0.576. The van der Waals surface area contributed by atoms with Crippen molar-refractivity contribution in [3.63, 3.8) is 0 Å². The second-order valence-corrected chi connectivity index (χ2v) is 5.99. The van der Waals surface area contributed by atoms with Crippen LogP contribution in [0.5, 0.6) is 17.2 Å². The van der Waals surface area contributed by atoms with Crippen molar-refractivity contribution in [3.05, 3.63) is 51.0 Å². The molecule has 0 amide bonds. The molecule has 0 bridgehead atoms. The summed E-state index contributed by atoms with van der Waals surface area (Å²) in [7, 11) is 0. The van der Waals surface area contributed by atoms with E-state index in [0.717, 1.165) is 0 Å². The van der Waals surface area contributed by atoms with Crippen molar-refractivity contribution >= 4 is 40.6 Å². The van der Waals surface area contributed by atoms with Gasteiger partial charge in [-0.2, -0.15) is 0 Å². The Kier molecular flexibility index (Phi) is 4.85. The van der Waals surface area contributed by atoms with Gasteiger partial charge in [0.1, 0.15) is 19.0 Å². The van der Waals surface area contributed by atoms with E-state index < -0.39 is 0 Å². The largest absolute Gasteiger partial charge is 0.486 e. The van der Waals surface area contributed by atoms with E-state index in [0.29, 0.717) is 46.1 Å². The maximum atomic E-state index is 12.2. The Morgan fingerprint density at radius 3 is 2.43 bits per heavy atom. The lowest BCUT2D eigenvalue weighted by Crippen LogP contribution is -2.17. The Morgan fingerprint density at radius 1 is 0.957 bits per heavy atom. The van der Waals surface area contributed by atoms with Gasteiger partial charge in [0.25, 0.3) is 0 Å². The van der Waals surface area contributed by atoms with Crippen LogP contribution in [-0.4, -0.2) is 25.6 Å². The first-order chi connectivity index (χ1) is 11.0. The van der Waals surface area contributed by atoms with E-state index in [-0.39, 0.29) is 17.4 Å². The van der Waals surface area contributed by atoms with Crippen LogP contribution in [0.4, 0.5) is 0 Å². The molecule has 0 saturated carbocycles. The fraction of sp³-hybridized carbons (Fsp3) is 0.188. The Balaban J connectivity index is 1.71. The van der Waals surface area contributed by atoms with Crippen molar-refractivity contribution in [1.29, 1.82) is 0 Å². The molecule has 0 unspecified atom stereocenters. The Morgan fingerprint density at radius 2 is 1.65 bits per heavy atom. The van der Waals surface area contributed by atoms with Gasteiger partial charge in [0, 0.05) is 11.6 Å². The van der Waals surface area contributed by atoms with Crippen molar-refractivity contribution in [3.8, 4) is 17.2 Å². The highest BCUT2D eigenvalue weighted by Gasteiger charge is 2.16. The molecular formula is C16H11Cl3O4. The van der Waals surface area contributed by atoms with E-state index in [9.17, 15) is 4.79 Å². The highest BCUT2D eigenvalue weighted by atomic mass is 35.5. The second-order valence-electron chi connectivity index (χ2n) is 4.77. The Labute approximate surface area is 147 Å². The lowest BCUT2D eigenvalue weighted by Gasteiger charge is -2.18. The summed E-state index contributed by atoms with van der Waals surface area (Å²) in [5.41, 5.74) is 0.463. The minimum absolute atomic E-state index is 0.183. The van der Waals surface area contributed by atoms with E-state index in [2.05, 4.69) is 0 Å². The number of ether oxygens (including phenoxy) is 3. The summed E-state index contributed by atoms with van der Waals surface area (Å²) in [4.78, 5) is 12.2. The number of hydrogen-bond donors (Lipinski definition) is 0.